The number of anilines is 1. The summed E-state index contributed by atoms with van der Waals surface area (Å²) in [6, 6.07) is 10.2. The fourth-order valence-electron chi connectivity index (χ4n) is 4.77. The first-order valence-electron chi connectivity index (χ1n) is 10.3. The topological polar surface area (TPSA) is 75.8 Å². The number of nitrogens with two attached hydrogens (primary N) is 1. The minimum Gasteiger partial charge on any atom is -0.326 e. The highest BCUT2D eigenvalue weighted by Crippen LogP contribution is 2.49. The van der Waals surface area contributed by atoms with Crippen molar-refractivity contribution in [2.75, 3.05) is 4.90 Å². The van der Waals surface area contributed by atoms with Gasteiger partial charge in [-0.2, -0.15) is 0 Å². The first kappa shape index (κ1) is 22.0. The van der Waals surface area contributed by atoms with Crippen LogP contribution in [0, 0.1) is 11.3 Å². The van der Waals surface area contributed by atoms with Gasteiger partial charge in [-0.1, -0.05) is 49.2 Å². The Morgan fingerprint density at radius 1 is 1.19 bits per heavy atom. The van der Waals surface area contributed by atoms with Crippen LogP contribution in [0.2, 0.25) is 10.0 Å². The number of aliphatic imine (C=N–C) groups is 1. The van der Waals surface area contributed by atoms with Gasteiger partial charge >= 0.3 is 0 Å². The van der Waals surface area contributed by atoms with Crippen molar-refractivity contribution >= 4 is 52.0 Å². The van der Waals surface area contributed by atoms with E-state index in [1.807, 2.05) is 18.2 Å². The van der Waals surface area contributed by atoms with Gasteiger partial charge in [0.1, 0.15) is 5.78 Å². The SMILES string of the molecule is CC(=O)N1c2ccc(CN)cc2N=C2CC(C)(C)CC(=O)C2C1c1ccc(Cl)cc1Cl. The lowest BCUT2D eigenvalue weighted by Gasteiger charge is -2.41. The largest absolute Gasteiger partial charge is 0.326 e. The molecule has 0 bridgehead atoms. The fourth-order valence-corrected chi connectivity index (χ4v) is 5.29. The molecule has 0 saturated heterocycles. The highest BCUT2D eigenvalue weighted by Gasteiger charge is 2.47. The average molecular weight is 458 g/mol. The molecule has 4 rings (SSSR count). The average Bonchev–Trinajstić information content (AvgIpc) is 2.80. The summed E-state index contributed by atoms with van der Waals surface area (Å²) in [4.78, 5) is 33.1. The minimum atomic E-state index is -0.602. The summed E-state index contributed by atoms with van der Waals surface area (Å²) in [6.07, 6.45) is 1.07. The van der Waals surface area contributed by atoms with Gasteiger partial charge in [0, 0.05) is 35.6 Å². The number of hydrogen-bond donors (Lipinski definition) is 1. The number of ketones is 1. The van der Waals surface area contributed by atoms with Crippen LogP contribution in [0.4, 0.5) is 11.4 Å². The van der Waals surface area contributed by atoms with Crippen molar-refractivity contribution < 1.29 is 9.59 Å². The van der Waals surface area contributed by atoms with Crippen LogP contribution in [0.1, 0.15) is 50.8 Å². The fraction of sp³-hybridized carbons (Fsp3) is 0.375. The molecule has 31 heavy (non-hydrogen) atoms. The first-order chi connectivity index (χ1) is 14.6. The molecule has 1 aliphatic heterocycles. The molecule has 1 amide bonds. The van der Waals surface area contributed by atoms with Crippen molar-refractivity contribution in [1.82, 2.24) is 0 Å². The van der Waals surface area contributed by atoms with Gasteiger partial charge in [-0.15, -0.1) is 0 Å². The van der Waals surface area contributed by atoms with Crippen LogP contribution in [0.25, 0.3) is 0 Å². The number of Topliss-reactive ketones (excluding diaryl/α,β-unsaturated/α-hetero) is 1. The quantitative estimate of drug-likeness (QED) is 0.633. The molecule has 2 atom stereocenters. The molecule has 1 aliphatic carbocycles. The van der Waals surface area contributed by atoms with Crippen molar-refractivity contribution in [3.63, 3.8) is 0 Å². The zero-order chi connectivity index (χ0) is 22.5. The van der Waals surface area contributed by atoms with E-state index >= 15 is 0 Å². The zero-order valence-electron chi connectivity index (χ0n) is 17.8. The lowest BCUT2D eigenvalue weighted by molar-refractivity contribution is -0.124. The number of benzene rings is 2. The summed E-state index contributed by atoms with van der Waals surface area (Å²) in [6.45, 7) is 6.00. The Bertz CT molecular complexity index is 1110. The van der Waals surface area contributed by atoms with Gasteiger partial charge in [-0.05, 0) is 47.2 Å². The van der Waals surface area contributed by atoms with Crippen LogP contribution in [0.15, 0.2) is 41.4 Å². The molecule has 1 saturated carbocycles. The smallest absolute Gasteiger partial charge is 0.224 e. The highest BCUT2D eigenvalue weighted by atomic mass is 35.5. The van der Waals surface area contributed by atoms with Gasteiger partial charge in [0.15, 0.2) is 0 Å². The summed E-state index contributed by atoms with van der Waals surface area (Å²) in [5, 5.41) is 0.914. The summed E-state index contributed by atoms with van der Waals surface area (Å²) in [7, 11) is 0. The Morgan fingerprint density at radius 2 is 1.94 bits per heavy atom. The van der Waals surface area contributed by atoms with Gasteiger partial charge in [-0.3, -0.25) is 14.6 Å². The number of carbonyl (C=O) groups is 2. The Hall–Kier alpha value is -2.21. The number of halogens is 2. The van der Waals surface area contributed by atoms with Crippen molar-refractivity contribution in [3.8, 4) is 0 Å². The number of carbonyl (C=O) groups excluding carboxylic acids is 2. The molecule has 2 unspecified atom stereocenters. The van der Waals surface area contributed by atoms with E-state index in [0.717, 1.165) is 11.3 Å². The molecule has 2 aliphatic rings. The predicted octanol–water partition coefficient (Wildman–Crippen LogP) is 5.64. The van der Waals surface area contributed by atoms with Crippen LogP contribution in [-0.2, 0) is 16.1 Å². The lowest BCUT2D eigenvalue weighted by atomic mass is 9.68. The first-order valence-corrected chi connectivity index (χ1v) is 11.0. The number of rotatable bonds is 2. The highest BCUT2D eigenvalue weighted by molar-refractivity contribution is 6.35. The molecular weight excluding hydrogens is 433 g/mol. The molecule has 0 aromatic heterocycles. The number of fused-ring (bicyclic) bond motifs is 2. The van der Waals surface area contributed by atoms with E-state index in [0.29, 0.717) is 46.4 Å². The number of amides is 1. The van der Waals surface area contributed by atoms with Crippen molar-refractivity contribution in [1.29, 1.82) is 0 Å². The number of nitrogens with zero attached hydrogens (tertiary/aromatic N) is 2. The van der Waals surface area contributed by atoms with Crippen LogP contribution >= 0.6 is 23.2 Å². The standard InChI is InChI=1S/C24H25Cl2N3O2/c1-13(30)29-20-7-4-14(12-27)8-18(20)28-19-10-24(2,3)11-21(31)22(19)23(29)16-6-5-15(25)9-17(16)26/h4-9,22-23H,10-12,27H2,1-3H3. The van der Waals surface area contributed by atoms with E-state index in [1.54, 1.807) is 23.1 Å². The summed E-state index contributed by atoms with van der Waals surface area (Å²) >= 11 is 12.7. The van der Waals surface area contributed by atoms with Crippen LogP contribution in [-0.4, -0.2) is 17.4 Å². The Kier molecular flexibility index (Phi) is 5.71. The molecule has 5 nitrogen and oxygen atoms in total. The van der Waals surface area contributed by atoms with Crippen LogP contribution in [0.3, 0.4) is 0 Å². The van der Waals surface area contributed by atoms with Crippen LogP contribution in [0.5, 0.6) is 0 Å². The molecule has 2 aromatic carbocycles. The molecule has 1 fully saturated rings. The van der Waals surface area contributed by atoms with E-state index in [9.17, 15) is 9.59 Å². The Morgan fingerprint density at radius 3 is 2.58 bits per heavy atom. The molecule has 0 spiro atoms. The van der Waals surface area contributed by atoms with E-state index < -0.39 is 12.0 Å². The maximum absolute atomic E-state index is 13.5. The Balaban J connectivity index is 2.02. The van der Waals surface area contributed by atoms with Crippen molar-refractivity contribution in [2.45, 2.75) is 46.2 Å². The van der Waals surface area contributed by atoms with E-state index in [-0.39, 0.29) is 17.1 Å². The van der Waals surface area contributed by atoms with Crippen LogP contribution < -0.4 is 10.6 Å². The molecule has 2 aromatic rings. The molecule has 162 valence electrons. The molecule has 0 radical (unpaired) electrons. The second kappa shape index (κ2) is 8.05. The monoisotopic (exact) mass is 457 g/mol. The minimum absolute atomic E-state index is 0.0594. The van der Waals surface area contributed by atoms with Gasteiger partial charge in [0.2, 0.25) is 5.91 Å². The van der Waals surface area contributed by atoms with E-state index in [4.69, 9.17) is 33.9 Å². The maximum Gasteiger partial charge on any atom is 0.224 e. The molecular formula is C24H25Cl2N3O2. The van der Waals surface area contributed by atoms with Crippen molar-refractivity contribution in [3.05, 3.63) is 57.6 Å². The second-order valence-electron chi connectivity index (χ2n) is 9.09. The molecule has 2 N–H and O–H groups in total. The number of hydrogen-bond acceptors (Lipinski definition) is 4. The molecule has 7 heteroatoms. The van der Waals surface area contributed by atoms with E-state index in [2.05, 4.69) is 13.8 Å². The van der Waals surface area contributed by atoms with E-state index in [1.165, 1.54) is 6.92 Å². The van der Waals surface area contributed by atoms with Gasteiger partial charge in [0.05, 0.1) is 23.3 Å². The lowest BCUT2D eigenvalue weighted by Crippen LogP contribution is -2.47. The Labute approximate surface area is 192 Å². The van der Waals surface area contributed by atoms with Gasteiger partial charge in [0.25, 0.3) is 0 Å². The summed E-state index contributed by atoms with van der Waals surface area (Å²) < 4.78 is 0. The van der Waals surface area contributed by atoms with Crippen molar-refractivity contribution in [2.24, 2.45) is 22.1 Å². The third-order valence-electron chi connectivity index (χ3n) is 6.03. The molecule has 1 heterocycles. The predicted molar refractivity (Wildman–Crippen MR) is 125 cm³/mol. The summed E-state index contributed by atoms with van der Waals surface area (Å²) in [5.41, 5.74) is 9.31. The maximum atomic E-state index is 13.5. The normalized spacial score (nSPS) is 22.3. The van der Waals surface area contributed by atoms with Gasteiger partial charge < -0.3 is 10.6 Å². The third kappa shape index (κ3) is 4.02. The van der Waals surface area contributed by atoms with Gasteiger partial charge in [-0.25, -0.2) is 0 Å². The second-order valence-corrected chi connectivity index (χ2v) is 9.94. The zero-order valence-corrected chi connectivity index (χ0v) is 19.3. The third-order valence-corrected chi connectivity index (χ3v) is 6.59. The summed E-state index contributed by atoms with van der Waals surface area (Å²) in [5.74, 6) is -0.708.